The molecule has 18 heavy (non-hydrogen) atoms. The van der Waals surface area contributed by atoms with Crippen molar-refractivity contribution in [1.82, 2.24) is 10.3 Å². The molecule has 0 aromatic carbocycles. The van der Waals surface area contributed by atoms with Crippen LogP contribution < -0.4 is 10.6 Å². The van der Waals surface area contributed by atoms with E-state index in [0.717, 1.165) is 36.6 Å². The number of thioether (sulfide) groups is 1. The first-order valence-electron chi connectivity index (χ1n) is 6.30. The fraction of sp³-hybridized carbons (Fsp3) is 0.538. The highest BCUT2D eigenvalue weighted by atomic mass is 32.2. The summed E-state index contributed by atoms with van der Waals surface area (Å²) in [5, 5.41) is 6.09. The van der Waals surface area contributed by atoms with Gasteiger partial charge in [0.1, 0.15) is 5.82 Å². The summed E-state index contributed by atoms with van der Waals surface area (Å²) < 4.78 is 0. The standard InChI is InChI=1S/C13H21N3OS/c1-3-7-15-12(17)10-18-9-11-6-5-8-16-13(11)14-4-2/h5-6,8H,3-4,7,9-10H2,1-2H3,(H,14,16)(H,15,17). The van der Waals surface area contributed by atoms with Gasteiger partial charge in [0.15, 0.2) is 0 Å². The monoisotopic (exact) mass is 267 g/mol. The van der Waals surface area contributed by atoms with Crippen LogP contribution in [-0.4, -0.2) is 29.7 Å². The largest absolute Gasteiger partial charge is 0.370 e. The molecule has 0 radical (unpaired) electrons. The summed E-state index contributed by atoms with van der Waals surface area (Å²) in [4.78, 5) is 15.7. The SMILES string of the molecule is CCCNC(=O)CSCc1cccnc1NCC. The third-order valence-electron chi connectivity index (χ3n) is 2.30. The zero-order valence-corrected chi connectivity index (χ0v) is 11.8. The maximum Gasteiger partial charge on any atom is 0.230 e. The summed E-state index contributed by atoms with van der Waals surface area (Å²) in [6.07, 6.45) is 2.75. The number of hydrogen-bond donors (Lipinski definition) is 2. The molecule has 1 rings (SSSR count). The second kappa shape index (κ2) is 8.80. The highest BCUT2D eigenvalue weighted by Gasteiger charge is 2.04. The zero-order valence-electron chi connectivity index (χ0n) is 11.0. The van der Waals surface area contributed by atoms with Crippen LogP contribution in [0.3, 0.4) is 0 Å². The van der Waals surface area contributed by atoms with Crippen molar-refractivity contribution < 1.29 is 4.79 Å². The van der Waals surface area contributed by atoms with E-state index in [0.29, 0.717) is 5.75 Å². The van der Waals surface area contributed by atoms with E-state index in [-0.39, 0.29) is 5.91 Å². The summed E-state index contributed by atoms with van der Waals surface area (Å²) >= 11 is 1.61. The number of carbonyl (C=O) groups is 1. The molecule has 2 N–H and O–H groups in total. The fourth-order valence-electron chi connectivity index (χ4n) is 1.45. The number of nitrogens with one attached hydrogen (secondary N) is 2. The van der Waals surface area contributed by atoms with E-state index in [4.69, 9.17) is 0 Å². The normalized spacial score (nSPS) is 10.1. The summed E-state index contributed by atoms with van der Waals surface area (Å²) in [5.74, 6) is 2.33. The van der Waals surface area contributed by atoms with Gasteiger partial charge in [0.2, 0.25) is 5.91 Å². The second-order valence-electron chi connectivity index (χ2n) is 3.88. The zero-order chi connectivity index (χ0) is 13.2. The predicted octanol–water partition coefficient (Wildman–Crippen LogP) is 2.27. The summed E-state index contributed by atoms with van der Waals surface area (Å²) in [6.45, 7) is 5.70. The molecule has 0 aliphatic carbocycles. The van der Waals surface area contributed by atoms with E-state index < -0.39 is 0 Å². The Kier molecular flexibility index (Phi) is 7.25. The van der Waals surface area contributed by atoms with E-state index in [9.17, 15) is 4.79 Å². The molecule has 1 aromatic rings. The maximum atomic E-state index is 11.4. The molecule has 0 unspecified atom stereocenters. The number of anilines is 1. The Morgan fingerprint density at radius 2 is 2.28 bits per heavy atom. The first-order valence-corrected chi connectivity index (χ1v) is 7.45. The van der Waals surface area contributed by atoms with Crippen molar-refractivity contribution in [1.29, 1.82) is 0 Å². The minimum absolute atomic E-state index is 0.107. The highest BCUT2D eigenvalue weighted by Crippen LogP contribution is 2.18. The van der Waals surface area contributed by atoms with Crippen molar-refractivity contribution in [2.24, 2.45) is 0 Å². The minimum atomic E-state index is 0.107. The van der Waals surface area contributed by atoms with Gasteiger partial charge in [-0.3, -0.25) is 4.79 Å². The van der Waals surface area contributed by atoms with Crippen LogP contribution in [0.25, 0.3) is 0 Å². The van der Waals surface area contributed by atoms with E-state index in [1.54, 1.807) is 18.0 Å². The van der Waals surface area contributed by atoms with Crippen LogP contribution in [0.1, 0.15) is 25.8 Å². The van der Waals surface area contributed by atoms with Gasteiger partial charge in [-0.15, -0.1) is 11.8 Å². The van der Waals surface area contributed by atoms with E-state index in [1.807, 2.05) is 26.0 Å². The van der Waals surface area contributed by atoms with Gasteiger partial charge >= 0.3 is 0 Å². The summed E-state index contributed by atoms with van der Waals surface area (Å²) in [6, 6.07) is 3.97. The molecule has 100 valence electrons. The predicted molar refractivity (Wildman–Crippen MR) is 77.9 cm³/mol. The Balaban J connectivity index is 2.36. The summed E-state index contributed by atoms with van der Waals surface area (Å²) in [5.41, 5.74) is 1.15. The molecule has 0 spiro atoms. The average Bonchev–Trinajstić information content (AvgIpc) is 2.38. The average molecular weight is 267 g/mol. The van der Waals surface area contributed by atoms with Crippen LogP contribution in [0.15, 0.2) is 18.3 Å². The lowest BCUT2D eigenvalue weighted by Gasteiger charge is -2.09. The van der Waals surface area contributed by atoms with Gasteiger partial charge in [0.05, 0.1) is 5.75 Å². The maximum absolute atomic E-state index is 11.4. The van der Waals surface area contributed by atoms with Gasteiger partial charge in [-0.2, -0.15) is 0 Å². The molecule has 4 nitrogen and oxygen atoms in total. The minimum Gasteiger partial charge on any atom is -0.370 e. The van der Waals surface area contributed by atoms with Gasteiger partial charge in [0, 0.05) is 30.6 Å². The molecule has 1 heterocycles. The highest BCUT2D eigenvalue weighted by molar-refractivity contribution is 7.99. The number of carbonyl (C=O) groups excluding carboxylic acids is 1. The number of pyridine rings is 1. The summed E-state index contributed by atoms with van der Waals surface area (Å²) in [7, 11) is 0. The van der Waals surface area contributed by atoms with Crippen molar-refractivity contribution in [3.63, 3.8) is 0 Å². The topological polar surface area (TPSA) is 54.0 Å². The van der Waals surface area contributed by atoms with Gasteiger partial charge in [-0.05, 0) is 19.4 Å². The lowest BCUT2D eigenvalue weighted by atomic mass is 10.3. The smallest absolute Gasteiger partial charge is 0.230 e. The van der Waals surface area contributed by atoms with Crippen LogP contribution in [0.2, 0.25) is 0 Å². The van der Waals surface area contributed by atoms with Crippen molar-refractivity contribution in [2.75, 3.05) is 24.2 Å². The van der Waals surface area contributed by atoms with Crippen LogP contribution in [0, 0.1) is 0 Å². The molecular weight excluding hydrogens is 246 g/mol. The Morgan fingerprint density at radius 3 is 3.00 bits per heavy atom. The molecular formula is C13H21N3OS. The van der Waals surface area contributed by atoms with Crippen LogP contribution in [0.5, 0.6) is 0 Å². The van der Waals surface area contributed by atoms with Crippen LogP contribution in [0.4, 0.5) is 5.82 Å². The third kappa shape index (κ3) is 5.40. The van der Waals surface area contributed by atoms with Gasteiger partial charge in [-0.1, -0.05) is 13.0 Å². The van der Waals surface area contributed by atoms with E-state index in [1.165, 1.54) is 0 Å². The molecule has 0 fully saturated rings. The van der Waals surface area contributed by atoms with Crippen molar-refractivity contribution in [3.8, 4) is 0 Å². The van der Waals surface area contributed by atoms with Crippen LogP contribution in [-0.2, 0) is 10.5 Å². The number of aromatic nitrogens is 1. The first-order chi connectivity index (χ1) is 8.77. The lowest BCUT2D eigenvalue weighted by Crippen LogP contribution is -2.25. The number of rotatable bonds is 8. The van der Waals surface area contributed by atoms with Crippen molar-refractivity contribution >= 4 is 23.5 Å². The van der Waals surface area contributed by atoms with Crippen molar-refractivity contribution in [3.05, 3.63) is 23.9 Å². The molecule has 0 atom stereocenters. The fourth-order valence-corrected chi connectivity index (χ4v) is 2.29. The molecule has 0 aliphatic rings. The van der Waals surface area contributed by atoms with Gasteiger partial charge in [0.25, 0.3) is 0 Å². The first kappa shape index (κ1) is 14.8. The Hall–Kier alpha value is -1.23. The molecule has 0 aliphatic heterocycles. The Morgan fingerprint density at radius 1 is 1.44 bits per heavy atom. The Bertz CT molecular complexity index is 371. The Labute approximate surface area is 113 Å². The molecule has 5 heteroatoms. The third-order valence-corrected chi connectivity index (χ3v) is 3.28. The lowest BCUT2D eigenvalue weighted by molar-refractivity contribution is -0.118. The molecule has 0 saturated heterocycles. The second-order valence-corrected chi connectivity index (χ2v) is 4.87. The number of hydrogen-bond acceptors (Lipinski definition) is 4. The van der Waals surface area contributed by atoms with Gasteiger partial charge < -0.3 is 10.6 Å². The molecule has 0 bridgehead atoms. The van der Waals surface area contributed by atoms with Crippen LogP contribution >= 0.6 is 11.8 Å². The van der Waals surface area contributed by atoms with Crippen molar-refractivity contribution in [2.45, 2.75) is 26.0 Å². The molecule has 1 aromatic heterocycles. The van der Waals surface area contributed by atoms with Gasteiger partial charge in [-0.25, -0.2) is 4.98 Å². The number of amides is 1. The quantitative estimate of drug-likeness (QED) is 0.758. The molecule has 0 saturated carbocycles. The van der Waals surface area contributed by atoms with E-state index in [2.05, 4.69) is 15.6 Å². The number of nitrogens with zero attached hydrogens (tertiary/aromatic N) is 1. The molecule has 1 amide bonds. The van der Waals surface area contributed by atoms with E-state index >= 15 is 0 Å².